The zero-order valence-electron chi connectivity index (χ0n) is 18.9. The van der Waals surface area contributed by atoms with Gasteiger partial charge in [-0.2, -0.15) is 0 Å². The van der Waals surface area contributed by atoms with Crippen LogP contribution in [0, 0.1) is 23.0 Å². The topological polar surface area (TPSA) is 125 Å². The maximum Gasteiger partial charge on any atom is 0.307 e. The lowest BCUT2D eigenvalue weighted by Gasteiger charge is -2.11. The second kappa shape index (κ2) is 9.92. The van der Waals surface area contributed by atoms with Gasteiger partial charge in [0.05, 0.1) is 29.7 Å². The molecule has 178 valence electrons. The Bertz CT molecular complexity index is 1320. The predicted molar refractivity (Wildman–Crippen MR) is 128 cm³/mol. The molecule has 3 aromatic rings. The number of rotatable bonds is 9. The fourth-order valence-electron chi connectivity index (χ4n) is 3.69. The minimum Gasteiger partial charge on any atom is -0.481 e. The molecule has 4 rings (SSSR count). The van der Waals surface area contributed by atoms with Crippen molar-refractivity contribution in [3.63, 3.8) is 0 Å². The smallest absolute Gasteiger partial charge is 0.307 e. The molecule has 1 saturated carbocycles. The minimum absolute atomic E-state index is 0.0524. The number of hydrogen-bond acceptors (Lipinski definition) is 5. The number of nitrogens with zero attached hydrogens (tertiary/aromatic N) is 2. The lowest BCUT2D eigenvalue weighted by atomic mass is 9.99. The number of aliphatic carboxylic acids is 1. The molecule has 9 heteroatoms. The van der Waals surface area contributed by atoms with Gasteiger partial charge in [-0.05, 0) is 29.7 Å². The number of allylic oxidation sites excluding steroid dienone is 2. The zero-order valence-corrected chi connectivity index (χ0v) is 18.9. The van der Waals surface area contributed by atoms with Gasteiger partial charge in [-0.15, -0.1) is 0 Å². The van der Waals surface area contributed by atoms with Crippen LogP contribution in [0.5, 0.6) is 0 Å². The number of hydrogen-bond donors (Lipinski definition) is 4. The van der Waals surface area contributed by atoms with Crippen molar-refractivity contribution in [3.8, 4) is 11.1 Å². The van der Waals surface area contributed by atoms with Gasteiger partial charge in [-0.3, -0.25) is 15.2 Å². The number of anilines is 1. The van der Waals surface area contributed by atoms with Crippen molar-refractivity contribution in [2.24, 2.45) is 5.92 Å². The molecule has 2 atom stereocenters. The summed E-state index contributed by atoms with van der Waals surface area (Å²) in [6, 6.07) is 9.03. The summed E-state index contributed by atoms with van der Waals surface area (Å²) in [5.74, 6) is -2.37. The molecule has 0 saturated heterocycles. The Labute approximate surface area is 200 Å². The van der Waals surface area contributed by atoms with Crippen LogP contribution in [0.4, 0.5) is 14.6 Å². The van der Waals surface area contributed by atoms with Crippen molar-refractivity contribution in [2.45, 2.75) is 25.8 Å². The van der Waals surface area contributed by atoms with Crippen molar-refractivity contribution in [2.75, 3.05) is 5.32 Å². The second-order valence-electron chi connectivity index (χ2n) is 8.46. The van der Waals surface area contributed by atoms with E-state index in [1.807, 2.05) is 0 Å². The minimum atomic E-state index is -0.841. The maximum atomic E-state index is 14.6. The summed E-state index contributed by atoms with van der Waals surface area (Å²) >= 11 is 0. The molecule has 0 unspecified atom stereocenters. The predicted octanol–water partition coefficient (Wildman–Crippen LogP) is 3.37. The van der Waals surface area contributed by atoms with Gasteiger partial charge in [0.15, 0.2) is 5.71 Å². The number of halogens is 2. The van der Waals surface area contributed by atoms with E-state index in [1.165, 1.54) is 18.5 Å². The highest BCUT2D eigenvalue weighted by Crippen LogP contribution is 2.46. The first kappa shape index (κ1) is 23.9. The quantitative estimate of drug-likeness (QED) is 0.353. The van der Waals surface area contributed by atoms with Crippen LogP contribution < -0.4 is 10.7 Å². The zero-order chi connectivity index (χ0) is 25.1. The summed E-state index contributed by atoms with van der Waals surface area (Å²) in [5.41, 5.74) is 3.12. The van der Waals surface area contributed by atoms with E-state index >= 15 is 0 Å². The van der Waals surface area contributed by atoms with Gasteiger partial charge in [0.1, 0.15) is 17.5 Å². The van der Waals surface area contributed by atoms with E-state index in [9.17, 15) is 13.6 Å². The molecule has 1 aromatic heterocycles. The second-order valence-corrected chi connectivity index (χ2v) is 8.46. The Balaban J connectivity index is 1.46. The molecule has 0 amide bonds. The Morgan fingerprint density at radius 1 is 1.17 bits per heavy atom. The number of nitrogens with two attached hydrogens (primary N) is 1. The van der Waals surface area contributed by atoms with Crippen LogP contribution in [0.15, 0.2) is 60.9 Å². The van der Waals surface area contributed by atoms with Crippen molar-refractivity contribution in [3.05, 3.63) is 89.4 Å². The summed E-state index contributed by atoms with van der Waals surface area (Å²) in [6.07, 6.45) is 6.75. The summed E-state index contributed by atoms with van der Waals surface area (Å²) in [4.78, 5) is 19.5. The molecular formula is C26H24F2N5O2+. The molecule has 0 spiro atoms. The summed E-state index contributed by atoms with van der Waals surface area (Å²) in [5, 5.41) is 25.7. The molecule has 1 aliphatic carbocycles. The molecular weight excluding hydrogens is 452 g/mol. The molecule has 35 heavy (non-hydrogen) atoms. The third kappa shape index (κ3) is 5.63. The first-order chi connectivity index (χ1) is 16.7. The Morgan fingerprint density at radius 3 is 2.51 bits per heavy atom. The van der Waals surface area contributed by atoms with E-state index in [0.29, 0.717) is 34.8 Å². The van der Waals surface area contributed by atoms with Gasteiger partial charge in [-0.1, -0.05) is 24.3 Å². The monoisotopic (exact) mass is 476 g/mol. The highest BCUT2D eigenvalue weighted by Gasteiger charge is 2.45. The van der Waals surface area contributed by atoms with E-state index in [4.69, 9.17) is 15.9 Å². The van der Waals surface area contributed by atoms with Gasteiger partial charge < -0.3 is 15.8 Å². The number of carboxylic acids is 1. The van der Waals surface area contributed by atoms with Gasteiger partial charge >= 0.3 is 5.97 Å². The standard InChI is InChI=1S/C26H23F2N5O2/c1-14(29)2-7-23(30)16-5-3-15(4-6-16)18-8-17(21(27)10-22(18)28)11-32-25-13-31-24(12-33-25)19-9-20(19)26(34)35/h2-8,10,12-13,19-20,29-30H,9,11H2,1H3,(H,32,33)(H,34,35)/p+1/b7-2-,29-14?,30-23?/t19-,20-/m1/s1. The van der Waals surface area contributed by atoms with Crippen LogP contribution in [0.25, 0.3) is 11.1 Å². The van der Waals surface area contributed by atoms with E-state index in [1.54, 1.807) is 43.3 Å². The largest absolute Gasteiger partial charge is 0.481 e. The average Bonchev–Trinajstić information content (AvgIpc) is 3.64. The van der Waals surface area contributed by atoms with Crippen LogP contribution in [-0.2, 0) is 11.3 Å². The molecule has 1 fully saturated rings. The number of nitrogens with one attached hydrogen (secondary N) is 2. The molecule has 0 aliphatic heterocycles. The van der Waals surface area contributed by atoms with Crippen molar-refractivity contribution < 1.29 is 24.1 Å². The first-order valence-electron chi connectivity index (χ1n) is 11.0. The van der Waals surface area contributed by atoms with Crippen LogP contribution in [-0.4, -0.2) is 32.5 Å². The maximum absolute atomic E-state index is 14.6. The number of carbonyl (C=O) groups is 1. The Hall–Kier alpha value is -4.27. The van der Waals surface area contributed by atoms with Gasteiger partial charge in [0.2, 0.25) is 0 Å². The van der Waals surface area contributed by atoms with E-state index < -0.39 is 23.5 Å². The fraction of sp³-hybridized carbons (Fsp3) is 0.192. The molecule has 0 radical (unpaired) electrons. The van der Waals surface area contributed by atoms with E-state index in [2.05, 4.69) is 15.3 Å². The molecule has 0 bridgehead atoms. The summed E-state index contributed by atoms with van der Waals surface area (Å²) < 4.78 is 29.0. The summed E-state index contributed by atoms with van der Waals surface area (Å²) in [7, 11) is 0. The van der Waals surface area contributed by atoms with Gasteiger partial charge in [0.25, 0.3) is 0 Å². The Kier molecular flexibility index (Phi) is 6.77. The third-order valence-electron chi connectivity index (χ3n) is 5.78. The van der Waals surface area contributed by atoms with Gasteiger partial charge in [-0.25, -0.2) is 13.8 Å². The van der Waals surface area contributed by atoms with Crippen LogP contribution >= 0.6 is 0 Å². The van der Waals surface area contributed by atoms with Gasteiger partial charge in [0, 0.05) is 42.7 Å². The number of aromatic nitrogens is 2. The average molecular weight is 477 g/mol. The highest BCUT2D eigenvalue weighted by atomic mass is 19.1. The van der Waals surface area contributed by atoms with Crippen LogP contribution in [0.3, 0.4) is 0 Å². The normalized spacial score (nSPS) is 16.8. The lowest BCUT2D eigenvalue weighted by Crippen LogP contribution is -2.36. The first-order valence-corrected chi connectivity index (χ1v) is 11.0. The van der Waals surface area contributed by atoms with Crippen LogP contribution in [0.2, 0.25) is 0 Å². The number of benzene rings is 2. The van der Waals surface area contributed by atoms with E-state index in [-0.39, 0.29) is 29.3 Å². The van der Waals surface area contributed by atoms with Crippen molar-refractivity contribution >= 4 is 23.2 Å². The molecule has 2 aromatic carbocycles. The molecule has 1 heterocycles. The van der Waals surface area contributed by atoms with Crippen LogP contribution in [0.1, 0.15) is 36.1 Å². The summed E-state index contributed by atoms with van der Waals surface area (Å²) in [6.45, 7) is 1.78. The molecule has 1 aliphatic rings. The number of carboxylic acid groups (broad SMARTS) is 1. The van der Waals surface area contributed by atoms with Crippen molar-refractivity contribution in [1.82, 2.24) is 9.97 Å². The fourth-order valence-corrected chi connectivity index (χ4v) is 3.69. The molecule has 7 nitrogen and oxygen atoms in total. The SMILES string of the molecule is CC(=[NH2+])/C=C\C(=N)c1ccc(-c2cc(CNc3cnc([C@@H]4C[C@H]4C(=O)O)cn3)c(F)cc2F)cc1. The third-order valence-corrected chi connectivity index (χ3v) is 5.78. The van der Waals surface area contributed by atoms with E-state index in [0.717, 1.165) is 6.07 Å². The highest BCUT2D eigenvalue weighted by molar-refractivity contribution is 6.09. The molecule has 5 N–H and O–H groups in total. The van der Waals surface area contributed by atoms with Crippen molar-refractivity contribution in [1.29, 1.82) is 5.41 Å². The Morgan fingerprint density at radius 2 is 1.91 bits per heavy atom. The lowest BCUT2D eigenvalue weighted by molar-refractivity contribution is -0.138.